The molecule has 178 valence electrons. The summed E-state index contributed by atoms with van der Waals surface area (Å²) in [7, 11) is 0. The van der Waals surface area contributed by atoms with E-state index in [1.165, 1.54) is 0 Å². The standard InChI is InChI=1S/C24H31Cl2N5O2/c1-3-30(4-2)14-11-27-23(32)19-16-18(8-10-22(19)31-12-5-6-13-31)28-24(33)29-21-9-7-17(25)15-20(21)26/h7-10,15-16H,3-6,11-14H2,1-2H3,(H,27,32)(H2,28,29,33). The van der Waals surface area contributed by atoms with Crippen LogP contribution in [-0.2, 0) is 0 Å². The first kappa shape index (κ1) is 25.1. The number of halogens is 2. The van der Waals surface area contributed by atoms with E-state index in [0.717, 1.165) is 51.3 Å². The fourth-order valence-electron chi connectivity index (χ4n) is 3.87. The number of nitrogens with zero attached hydrogens (tertiary/aromatic N) is 2. The third-order valence-corrected chi connectivity index (χ3v) is 6.28. The van der Waals surface area contributed by atoms with Crippen LogP contribution in [0.4, 0.5) is 21.9 Å². The third-order valence-electron chi connectivity index (χ3n) is 5.73. The van der Waals surface area contributed by atoms with E-state index in [0.29, 0.717) is 33.5 Å². The lowest BCUT2D eigenvalue weighted by Gasteiger charge is -2.23. The highest BCUT2D eigenvalue weighted by molar-refractivity contribution is 6.36. The van der Waals surface area contributed by atoms with E-state index < -0.39 is 6.03 Å². The molecule has 1 saturated heterocycles. The lowest BCUT2D eigenvalue weighted by Crippen LogP contribution is -2.35. The van der Waals surface area contributed by atoms with Gasteiger partial charge >= 0.3 is 6.03 Å². The van der Waals surface area contributed by atoms with Gasteiger partial charge < -0.3 is 25.8 Å². The van der Waals surface area contributed by atoms with Crippen molar-refractivity contribution in [1.29, 1.82) is 0 Å². The molecule has 0 atom stereocenters. The number of rotatable bonds is 9. The van der Waals surface area contributed by atoms with Crippen molar-refractivity contribution in [1.82, 2.24) is 10.2 Å². The first-order valence-corrected chi connectivity index (χ1v) is 12.1. The summed E-state index contributed by atoms with van der Waals surface area (Å²) in [4.78, 5) is 30.1. The molecule has 1 heterocycles. The Morgan fingerprint density at radius 3 is 2.39 bits per heavy atom. The molecule has 9 heteroatoms. The van der Waals surface area contributed by atoms with Crippen molar-refractivity contribution in [3.8, 4) is 0 Å². The number of anilines is 3. The largest absolute Gasteiger partial charge is 0.371 e. The van der Waals surface area contributed by atoms with Crippen molar-refractivity contribution in [2.75, 3.05) is 54.8 Å². The van der Waals surface area contributed by atoms with Crippen LogP contribution >= 0.6 is 23.2 Å². The van der Waals surface area contributed by atoms with Gasteiger partial charge in [0.15, 0.2) is 0 Å². The van der Waals surface area contributed by atoms with Crippen LogP contribution in [0.3, 0.4) is 0 Å². The van der Waals surface area contributed by atoms with Crippen LogP contribution in [0.2, 0.25) is 10.0 Å². The van der Waals surface area contributed by atoms with E-state index >= 15 is 0 Å². The van der Waals surface area contributed by atoms with E-state index in [9.17, 15) is 9.59 Å². The highest BCUT2D eigenvalue weighted by atomic mass is 35.5. The second-order valence-electron chi connectivity index (χ2n) is 7.91. The lowest BCUT2D eigenvalue weighted by atomic mass is 10.1. The minimum Gasteiger partial charge on any atom is -0.371 e. The van der Waals surface area contributed by atoms with E-state index in [-0.39, 0.29) is 5.91 Å². The van der Waals surface area contributed by atoms with Crippen LogP contribution in [-0.4, -0.2) is 56.1 Å². The minimum absolute atomic E-state index is 0.145. The summed E-state index contributed by atoms with van der Waals surface area (Å²) in [6, 6.07) is 9.82. The molecule has 3 N–H and O–H groups in total. The van der Waals surface area contributed by atoms with Crippen molar-refractivity contribution in [2.24, 2.45) is 0 Å². The second-order valence-corrected chi connectivity index (χ2v) is 8.76. The molecule has 33 heavy (non-hydrogen) atoms. The molecule has 2 aromatic carbocycles. The molecular formula is C24H31Cl2N5O2. The number of carbonyl (C=O) groups excluding carboxylic acids is 2. The Kier molecular flexibility index (Phi) is 9.23. The maximum absolute atomic E-state index is 13.1. The monoisotopic (exact) mass is 491 g/mol. The van der Waals surface area contributed by atoms with Crippen LogP contribution in [0.15, 0.2) is 36.4 Å². The number of hydrogen-bond acceptors (Lipinski definition) is 4. The summed E-state index contributed by atoms with van der Waals surface area (Å²) >= 11 is 12.1. The number of benzene rings is 2. The van der Waals surface area contributed by atoms with E-state index in [4.69, 9.17) is 23.2 Å². The third kappa shape index (κ3) is 7.00. The second kappa shape index (κ2) is 12.1. The Hall–Kier alpha value is -2.48. The molecular weight excluding hydrogens is 461 g/mol. The van der Waals surface area contributed by atoms with Crippen molar-refractivity contribution in [2.45, 2.75) is 26.7 Å². The number of carbonyl (C=O) groups is 2. The highest BCUT2D eigenvalue weighted by Crippen LogP contribution is 2.28. The molecule has 3 rings (SSSR count). The zero-order chi connectivity index (χ0) is 23.8. The zero-order valence-corrected chi connectivity index (χ0v) is 20.6. The zero-order valence-electron chi connectivity index (χ0n) is 19.1. The molecule has 2 aromatic rings. The van der Waals surface area contributed by atoms with Gasteiger partial charge in [0.05, 0.1) is 16.3 Å². The van der Waals surface area contributed by atoms with E-state index in [1.54, 1.807) is 24.3 Å². The number of amides is 3. The van der Waals surface area contributed by atoms with Gasteiger partial charge in [0.1, 0.15) is 0 Å². The van der Waals surface area contributed by atoms with Gasteiger partial charge in [0, 0.05) is 42.6 Å². The molecule has 1 fully saturated rings. The molecule has 0 radical (unpaired) electrons. The maximum atomic E-state index is 13.1. The van der Waals surface area contributed by atoms with Crippen molar-refractivity contribution >= 4 is 52.2 Å². The van der Waals surface area contributed by atoms with Gasteiger partial charge in [-0.1, -0.05) is 37.0 Å². The summed E-state index contributed by atoms with van der Waals surface area (Å²) in [6.07, 6.45) is 2.21. The quantitative estimate of drug-likeness (QED) is 0.444. The van der Waals surface area contributed by atoms with Crippen LogP contribution in [0.5, 0.6) is 0 Å². The molecule has 3 amide bonds. The minimum atomic E-state index is -0.457. The molecule has 0 aromatic heterocycles. The van der Waals surface area contributed by atoms with Gasteiger partial charge in [-0.15, -0.1) is 0 Å². The molecule has 0 saturated carbocycles. The van der Waals surface area contributed by atoms with Gasteiger partial charge in [-0.3, -0.25) is 4.79 Å². The maximum Gasteiger partial charge on any atom is 0.323 e. The summed E-state index contributed by atoms with van der Waals surface area (Å²) < 4.78 is 0. The van der Waals surface area contributed by atoms with Gasteiger partial charge in [-0.05, 0) is 62.3 Å². The smallest absolute Gasteiger partial charge is 0.323 e. The predicted octanol–water partition coefficient (Wildman–Crippen LogP) is 5.31. The van der Waals surface area contributed by atoms with Crippen molar-refractivity contribution in [3.05, 3.63) is 52.0 Å². The normalized spacial score (nSPS) is 13.3. The van der Waals surface area contributed by atoms with E-state index in [2.05, 4.69) is 39.6 Å². The van der Waals surface area contributed by atoms with Gasteiger partial charge in [0.25, 0.3) is 5.91 Å². The van der Waals surface area contributed by atoms with Crippen LogP contribution in [0, 0.1) is 0 Å². The fraction of sp³-hybridized carbons (Fsp3) is 0.417. The van der Waals surface area contributed by atoms with Crippen LogP contribution in [0.1, 0.15) is 37.0 Å². The van der Waals surface area contributed by atoms with Gasteiger partial charge in [-0.2, -0.15) is 0 Å². The molecule has 0 bridgehead atoms. The first-order valence-electron chi connectivity index (χ1n) is 11.3. The Bertz CT molecular complexity index is 975. The summed E-state index contributed by atoms with van der Waals surface area (Å²) in [5.41, 5.74) is 2.41. The Labute approximate surface area is 205 Å². The highest BCUT2D eigenvalue weighted by Gasteiger charge is 2.20. The lowest BCUT2D eigenvalue weighted by molar-refractivity contribution is 0.0949. The molecule has 1 aliphatic rings. The van der Waals surface area contributed by atoms with Gasteiger partial charge in [0.2, 0.25) is 0 Å². The average molecular weight is 492 g/mol. The fourth-order valence-corrected chi connectivity index (χ4v) is 4.32. The molecule has 0 unspecified atom stereocenters. The SMILES string of the molecule is CCN(CC)CCNC(=O)c1cc(NC(=O)Nc2ccc(Cl)cc2Cl)ccc1N1CCCC1. The predicted molar refractivity (Wildman–Crippen MR) is 137 cm³/mol. The average Bonchev–Trinajstić information content (AvgIpc) is 3.33. The summed E-state index contributed by atoms with van der Waals surface area (Å²) in [5, 5.41) is 9.35. The Morgan fingerprint density at radius 1 is 1.00 bits per heavy atom. The van der Waals surface area contributed by atoms with Gasteiger partial charge in [-0.25, -0.2) is 4.79 Å². The van der Waals surface area contributed by atoms with Crippen LogP contribution in [0.25, 0.3) is 0 Å². The topological polar surface area (TPSA) is 76.7 Å². The van der Waals surface area contributed by atoms with Crippen molar-refractivity contribution in [3.63, 3.8) is 0 Å². The summed E-state index contributed by atoms with van der Waals surface area (Å²) in [6.45, 7) is 9.29. The number of likely N-dealkylation sites (N-methyl/N-ethyl adjacent to an activating group) is 1. The summed E-state index contributed by atoms with van der Waals surface area (Å²) in [5.74, 6) is -0.145. The number of hydrogen-bond donors (Lipinski definition) is 3. The number of urea groups is 1. The Balaban J connectivity index is 1.73. The molecule has 0 aliphatic carbocycles. The number of nitrogens with one attached hydrogen (secondary N) is 3. The first-order chi connectivity index (χ1) is 15.9. The molecule has 1 aliphatic heterocycles. The molecule has 0 spiro atoms. The molecule has 7 nitrogen and oxygen atoms in total. The van der Waals surface area contributed by atoms with Crippen LogP contribution < -0.4 is 20.9 Å². The Morgan fingerprint density at radius 2 is 1.73 bits per heavy atom. The van der Waals surface area contributed by atoms with Crippen molar-refractivity contribution < 1.29 is 9.59 Å². The van der Waals surface area contributed by atoms with E-state index in [1.807, 2.05) is 12.1 Å².